The van der Waals surface area contributed by atoms with Crippen LogP contribution in [0.4, 0.5) is 22.7 Å². The van der Waals surface area contributed by atoms with E-state index < -0.39 is 9.85 Å². The van der Waals surface area contributed by atoms with Crippen molar-refractivity contribution in [2.24, 2.45) is 0 Å². The minimum absolute atomic E-state index is 0.0491. The maximum Gasteiger partial charge on any atom is 0.270 e. The van der Waals surface area contributed by atoms with Crippen molar-refractivity contribution in [1.82, 2.24) is 0 Å². The number of nitrogens with zero attached hydrogens (tertiary/aromatic N) is 2. The van der Waals surface area contributed by atoms with E-state index in [1.165, 1.54) is 24.3 Å². The molecule has 0 unspecified atom stereocenters. The molecule has 4 rings (SSSR count). The van der Waals surface area contributed by atoms with E-state index in [0.717, 1.165) is 11.1 Å². The summed E-state index contributed by atoms with van der Waals surface area (Å²) in [4.78, 5) is 20.5. The zero-order valence-corrected chi connectivity index (χ0v) is 16.9. The van der Waals surface area contributed by atoms with E-state index in [0.29, 0.717) is 22.5 Å². The van der Waals surface area contributed by atoms with E-state index in [2.05, 4.69) is 0 Å². The number of rotatable bonds is 4. The zero-order chi connectivity index (χ0) is 23.1. The lowest BCUT2D eigenvalue weighted by Gasteiger charge is -2.05. The lowest BCUT2D eigenvalue weighted by molar-refractivity contribution is -0.385. The Hall–Kier alpha value is -4.72. The molecule has 0 spiro atoms. The third-order valence-corrected chi connectivity index (χ3v) is 4.66. The molecule has 160 valence electrons. The van der Waals surface area contributed by atoms with E-state index in [1.54, 1.807) is 12.1 Å². The summed E-state index contributed by atoms with van der Waals surface area (Å²) in [5, 5.41) is 21.3. The Bertz CT molecular complexity index is 1150. The van der Waals surface area contributed by atoms with Crippen LogP contribution < -0.4 is 11.5 Å². The maximum atomic E-state index is 10.7. The van der Waals surface area contributed by atoms with Crippen molar-refractivity contribution < 1.29 is 9.85 Å². The lowest BCUT2D eigenvalue weighted by atomic mass is 10.0. The first kappa shape index (κ1) is 22.0. The van der Waals surface area contributed by atoms with Gasteiger partial charge in [-0.05, 0) is 23.3 Å². The van der Waals surface area contributed by atoms with Gasteiger partial charge in [0.05, 0.1) is 9.85 Å². The lowest BCUT2D eigenvalue weighted by Crippen LogP contribution is -1.93. The average Bonchev–Trinajstić information content (AvgIpc) is 2.81. The van der Waals surface area contributed by atoms with Crippen LogP contribution in [-0.4, -0.2) is 9.85 Å². The van der Waals surface area contributed by atoms with Gasteiger partial charge in [-0.15, -0.1) is 0 Å². The van der Waals surface area contributed by atoms with Crippen LogP contribution in [0.1, 0.15) is 0 Å². The van der Waals surface area contributed by atoms with Gasteiger partial charge in [-0.2, -0.15) is 0 Å². The molecule has 8 nitrogen and oxygen atoms in total. The van der Waals surface area contributed by atoms with Crippen LogP contribution in [0.2, 0.25) is 0 Å². The summed E-state index contributed by atoms with van der Waals surface area (Å²) in [7, 11) is 0. The number of anilines is 2. The first-order valence-electron chi connectivity index (χ1n) is 9.55. The fourth-order valence-corrected chi connectivity index (χ4v) is 3.05. The number of non-ortho nitro benzene ring substituents is 2. The summed E-state index contributed by atoms with van der Waals surface area (Å²) in [6.07, 6.45) is 0. The summed E-state index contributed by atoms with van der Waals surface area (Å²) in [6.45, 7) is 0. The van der Waals surface area contributed by atoms with Crippen molar-refractivity contribution in [1.29, 1.82) is 0 Å². The summed E-state index contributed by atoms with van der Waals surface area (Å²) in [6, 6.07) is 27.6. The van der Waals surface area contributed by atoms with E-state index in [-0.39, 0.29) is 11.4 Å². The highest BCUT2D eigenvalue weighted by Crippen LogP contribution is 2.30. The first-order chi connectivity index (χ1) is 15.4. The molecule has 0 bridgehead atoms. The largest absolute Gasteiger partial charge is 0.398 e. The Morgan fingerprint density at radius 2 is 0.875 bits per heavy atom. The number of hydrogen-bond acceptors (Lipinski definition) is 6. The molecule has 0 aliphatic carbocycles. The normalized spacial score (nSPS) is 10.0. The van der Waals surface area contributed by atoms with Crippen molar-refractivity contribution >= 4 is 22.7 Å². The first-order valence-corrected chi connectivity index (χ1v) is 9.55. The average molecular weight is 428 g/mol. The topological polar surface area (TPSA) is 138 Å². The van der Waals surface area contributed by atoms with E-state index in [9.17, 15) is 20.2 Å². The van der Waals surface area contributed by atoms with Crippen molar-refractivity contribution in [2.45, 2.75) is 0 Å². The highest BCUT2D eigenvalue weighted by atomic mass is 16.6. The molecule has 0 fully saturated rings. The Balaban J connectivity index is 0.000000181. The quantitative estimate of drug-likeness (QED) is 0.243. The van der Waals surface area contributed by atoms with Gasteiger partial charge in [0.2, 0.25) is 0 Å². The van der Waals surface area contributed by atoms with E-state index >= 15 is 0 Å². The van der Waals surface area contributed by atoms with Gasteiger partial charge in [0.25, 0.3) is 11.4 Å². The Labute approximate surface area is 184 Å². The highest BCUT2D eigenvalue weighted by Gasteiger charge is 2.11. The number of nitro groups is 2. The molecule has 0 saturated carbocycles. The molecular formula is C24H20N4O4. The maximum absolute atomic E-state index is 10.7. The Morgan fingerprint density at radius 1 is 0.531 bits per heavy atom. The van der Waals surface area contributed by atoms with Gasteiger partial charge in [-0.3, -0.25) is 20.2 Å². The van der Waals surface area contributed by atoms with Crippen LogP contribution in [-0.2, 0) is 0 Å². The van der Waals surface area contributed by atoms with Gasteiger partial charge in [-0.25, -0.2) is 0 Å². The molecule has 0 radical (unpaired) electrons. The second kappa shape index (κ2) is 9.86. The molecule has 4 aromatic rings. The van der Waals surface area contributed by atoms with Crippen LogP contribution >= 0.6 is 0 Å². The number of nitrogen functional groups attached to an aromatic ring is 2. The summed E-state index contributed by atoms with van der Waals surface area (Å²) < 4.78 is 0. The van der Waals surface area contributed by atoms with Crippen LogP contribution in [0.25, 0.3) is 22.3 Å². The van der Waals surface area contributed by atoms with Gasteiger partial charge >= 0.3 is 0 Å². The molecule has 0 heterocycles. The molecule has 0 amide bonds. The van der Waals surface area contributed by atoms with E-state index in [4.69, 9.17) is 11.5 Å². The van der Waals surface area contributed by atoms with E-state index in [1.807, 2.05) is 60.7 Å². The Morgan fingerprint density at radius 3 is 1.19 bits per heavy atom. The number of hydrogen-bond donors (Lipinski definition) is 2. The molecule has 32 heavy (non-hydrogen) atoms. The predicted molar refractivity (Wildman–Crippen MR) is 126 cm³/mol. The molecule has 0 aliphatic heterocycles. The molecule has 8 heteroatoms. The molecule has 4 N–H and O–H groups in total. The fourth-order valence-electron chi connectivity index (χ4n) is 3.05. The molecule has 0 saturated heterocycles. The molecule has 0 aliphatic rings. The van der Waals surface area contributed by atoms with Crippen LogP contribution in [0.15, 0.2) is 97.1 Å². The van der Waals surface area contributed by atoms with Gasteiger partial charge < -0.3 is 11.5 Å². The molecule has 0 aromatic heterocycles. The number of nitrogens with two attached hydrogens (primary N) is 2. The minimum atomic E-state index is -0.425. The third kappa shape index (κ3) is 5.25. The predicted octanol–water partition coefficient (Wildman–Crippen LogP) is 5.69. The summed E-state index contributed by atoms with van der Waals surface area (Å²) in [5.41, 5.74) is 15.9. The number of benzene rings is 4. The second-order valence-corrected chi connectivity index (χ2v) is 6.79. The Kier molecular flexibility index (Phi) is 6.77. The van der Waals surface area contributed by atoms with Gasteiger partial charge in [-0.1, -0.05) is 60.7 Å². The second-order valence-electron chi connectivity index (χ2n) is 6.79. The van der Waals surface area contributed by atoms with Gasteiger partial charge in [0, 0.05) is 46.8 Å². The van der Waals surface area contributed by atoms with Crippen molar-refractivity contribution in [3.05, 3.63) is 117 Å². The van der Waals surface area contributed by atoms with Crippen molar-refractivity contribution in [2.75, 3.05) is 11.5 Å². The SMILES string of the molecule is Nc1ccc([N+](=O)[O-])cc1-c1ccccc1.Nc1ccc([N+](=O)[O-])cc1-c1ccccc1. The van der Waals surface area contributed by atoms with Crippen molar-refractivity contribution in [3.8, 4) is 22.3 Å². The summed E-state index contributed by atoms with van der Waals surface area (Å²) >= 11 is 0. The van der Waals surface area contributed by atoms with Crippen LogP contribution in [0.5, 0.6) is 0 Å². The summed E-state index contributed by atoms with van der Waals surface area (Å²) in [5.74, 6) is 0. The number of nitro benzene ring substituents is 2. The molecule has 4 aromatic carbocycles. The monoisotopic (exact) mass is 428 g/mol. The zero-order valence-electron chi connectivity index (χ0n) is 16.9. The molecular weight excluding hydrogens is 408 g/mol. The fraction of sp³-hybridized carbons (Fsp3) is 0. The minimum Gasteiger partial charge on any atom is -0.398 e. The third-order valence-electron chi connectivity index (χ3n) is 4.66. The smallest absolute Gasteiger partial charge is 0.270 e. The molecule has 0 atom stereocenters. The van der Waals surface area contributed by atoms with Gasteiger partial charge in [0.15, 0.2) is 0 Å². The van der Waals surface area contributed by atoms with Crippen LogP contribution in [0.3, 0.4) is 0 Å². The van der Waals surface area contributed by atoms with Gasteiger partial charge in [0.1, 0.15) is 0 Å². The van der Waals surface area contributed by atoms with Crippen LogP contribution in [0, 0.1) is 20.2 Å². The van der Waals surface area contributed by atoms with Crippen molar-refractivity contribution in [3.63, 3.8) is 0 Å². The standard InChI is InChI=1S/2C12H10N2O2/c2*13-12-7-6-10(14(15)16)8-11(12)9-4-2-1-3-5-9/h2*1-8H,13H2. The highest BCUT2D eigenvalue weighted by molar-refractivity contribution is 5.79.